The van der Waals surface area contributed by atoms with E-state index in [1.807, 2.05) is 6.92 Å². The van der Waals surface area contributed by atoms with E-state index in [2.05, 4.69) is 16.5 Å². The van der Waals surface area contributed by atoms with Crippen molar-refractivity contribution >= 4 is 12.0 Å². The highest BCUT2D eigenvalue weighted by atomic mass is 16.4. The zero-order chi connectivity index (χ0) is 15.4. The molecular weight excluding hydrogens is 272 g/mol. The van der Waals surface area contributed by atoms with E-state index in [0.29, 0.717) is 13.1 Å². The number of H-pyrrole nitrogens is 1. The molecule has 1 aromatic rings. The highest BCUT2D eigenvalue weighted by Crippen LogP contribution is 2.22. The van der Waals surface area contributed by atoms with Crippen molar-refractivity contribution < 1.29 is 14.7 Å². The molecule has 7 nitrogen and oxygen atoms in total. The van der Waals surface area contributed by atoms with Crippen LogP contribution < -0.4 is 0 Å². The predicted octanol–water partition coefficient (Wildman–Crippen LogP) is 1.24. The number of nitrogens with one attached hydrogen (secondary N) is 1. The summed E-state index contributed by atoms with van der Waals surface area (Å²) in [6.07, 6.45) is 4.22. The van der Waals surface area contributed by atoms with E-state index in [4.69, 9.17) is 0 Å². The van der Waals surface area contributed by atoms with Crippen LogP contribution in [0.25, 0.3) is 0 Å². The van der Waals surface area contributed by atoms with Gasteiger partial charge in [0.2, 0.25) is 0 Å². The van der Waals surface area contributed by atoms with Gasteiger partial charge in [0.05, 0.1) is 24.3 Å². The Balaban J connectivity index is 2.24. The van der Waals surface area contributed by atoms with Crippen molar-refractivity contribution in [2.45, 2.75) is 32.4 Å². The molecule has 1 aromatic heterocycles. The third kappa shape index (κ3) is 3.07. The first kappa shape index (κ1) is 15.1. The van der Waals surface area contributed by atoms with Gasteiger partial charge in [0.1, 0.15) is 6.04 Å². The first-order chi connectivity index (χ1) is 10.1. The Morgan fingerprint density at radius 3 is 3.05 bits per heavy atom. The lowest BCUT2D eigenvalue weighted by Crippen LogP contribution is -2.53. The number of carbonyl (C=O) groups is 2. The molecule has 0 radical (unpaired) electrons. The summed E-state index contributed by atoms with van der Waals surface area (Å²) in [5, 5.41) is 9.39. The molecule has 0 saturated carbocycles. The Hall–Kier alpha value is -2.31. The van der Waals surface area contributed by atoms with Gasteiger partial charge >= 0.3 is 12.0 Å². The maximum Gasteiger partial charge on any atom is 0.326 e. The van der Waals surface area contributed by atoms with E-state index in [-0.39, 0.29) is 19.0 Å². The minimum Gasteiger partial charge on any atom is -0.480 e. The highest BCUT2D eigenvalue weighted by Gasteiger charge is 2.37. The van der Waals surface area contributed by atoms with Crippen molar-refractivity contribution in [3.8, 4) is 0 Å². The number of aliphatic carboxylic acids is 1. The summed E-state index contributed by atoms with van der Waals surface area (Å²) in [6.45, 7) is 6.84. The quantitative estimate of drug-likeness (QED) is 0.799. The number of urea groups is 1. The molecule has 1 aliphatic rings. The standard InChI is InChI=1S/C14H20N4O3/c1-3-5-17(6-4-2)14(21)18-8-11-10(15-9-16-11)7-12(18)13(19)20/h3,9,12H,1,4-8H2,2H3,(H,15,16)(H,19,20). The fourth-order valence-electron chi connectivity index (χ4n) is 2.53. The fraction of sp³-hybridized carbons (Fsp3) is 0.500. The van der Waals surface area contributed by atoms with Crippen LogP contribution in [-0.2, 0) is 17.8 Å². The molecule has 0 saturated heterocycles. The number of hydrogen-bond acceptors (Lipinski definition) is 3. The maximum absolute atomic E-state index is 12.6. The first-order valence-electron chi connectivity index (χ1n) is 6.98. The molecule has 114 valence electrons. The van der Waals surface area contributed by atoms with Gasteiger partial charge in [-0.1, -0.05) is 13.0 Å². The lowest BCUT2D eigenvalue weighted by molar-refractivity contribution is -0.142. The summed E-state index contributed by atoms with van der Waals surface area (Å²) < 4.78 is 0. The zero-order valence-corrected chi connectivity index (χ0v) is 12.1. The Morgan fingerprint density at radius 2 is 2.43 bits per heavy atom. The van der Waals surface area contributed by atoms with Gasteiger partial charge < -0.3 is 19.9 Å². The number of imidazole rings is 1. The van der Waals surface area contributed by atoms with E-state index in [0.717, 1.165) is 17.8 Å². The number of carboxylic acids is 1. The molecule has 7 heteroatoms. The Kier molecular flexibility index (Phi) is 4.62. The Bertz CT molecular complexity index is 540. The Labute approximate surface area is 123 Å². The van der Waals surface area contributed by atoms with Crippen LogP contribution in [0.1, 0.15) is 24.7 Å². The number of fused-ring (bicyclic) bond motifs is 1. The van der Waals surface area contributed by atoms with Crippen LogP contribution in [0.4, 0.5) is 4.79 Å². The van der Waals surface area contributed by atoms with E-state index < -0.39 is 12.0 Å². The molecule has 2 amide bonds. The first-order valence-corrected chi connectivity index (χ1v) is 6.98. The van der Waals surface area contributed by atoms with Crippen molar-refractivity contribution in [3.63, 3.8) is 0 Å². The molecule has 2 N–H and O–H groups in total. The second-order valence-corrected chi connectivity index (χ2v) is 5.03. The van der Waals surface area contributed by atoms with Gasteiger partial charge in [-0.3, -0.25) is 0 Å². The normalized spacial score (nSPS) is 17.2. The van der Waals surface area contributed by atoms with Crippen molar-refractivity contribution in [1.29, 1.82) is 0 Å². The number of amides is 2. The van der Waals surface area contributed by atoms with Crippen LogP contribution in [0.15, 0.2) is 19.0 Å². The van der Waals surface area contributed by atoms with Gasteiger partial charge in [-0.25, -0.2) is 14.6 Å². The second kappa shape index (κ2) is 6.43. The lowest BCUT2D eigenvalue weighted by atomic mass is 10.0. The number of carboxylic acid groups (broad SMARTS) is 1. The van der Waals surface area contributed by atoms with Crippen molar-refractivity contribution in [2.24, 2.45) is 0 Å². The summed E-state index contributed by atoms with van der Waals surface area (Å²) >= 11 is 0. The molecule has 21 heavy (non-hydrogen) atoms. The number of nitrogens with zero attached hydrogens (tertiary/aromatic N) is 3. The third-order valence-corrected chi connectivity index (χ3v) is 3.54. The van der Waals surface area contributed by atoms with Crippen molar-refractivity contribution in [3.05, 3.63) is 30.4 Å². The minimum absolute atomic E-state index is 0.230. The third-order valence-electron chi connectivity index (χ3n) is 3.54. The number of aromatic nitrogens is 2. The van der Waals surface area contributed by atoms with Gasteiger partial charge in [-0.15, -0.1) is 6.58 Å². The molecule has 0 aliphatic carbocycles. The minimum atomic E-state index is -1.01. The van der Waals surface area contributed by atoms with E-state index >= 15 is 0 Å². The largest absolute Gasteiger partial charge is 0.480 e. The molecule has 0 fully saturated rings. The number of aromatic amines is 1. The van der Waals surface area contributed by atoms with Gasteiger partial charge in [0.25, 0.3) is 0 Å². The number of carbonyl (C=O) groups excluding carboxylic acids is 1. The molecule has 0 aromatic carbocycles. The van der Waals surface area contributed by atoms with Crippen LogP contribution >= 0.6 is 0 Å². The van der Waals surface area contributed by atoms with Crippen LogP contribution in [0.2, 0.25) is 0 Å². The lowest BCUT2D eigenvalue weighted by Gasteiger charge is -2.36. The molecular formula is C14H20N4O3. The average molecular weight is 292 g/mol. The summed E-state index contributed by atoms with van der Waals surface area (Å²) in [7, 11) is 0. The van der Waals surface area contributed by atoms with Gasteiger partial charge in [0.15, 0.2) is 0 Å². The van der Waals surface area contributed by atoms with Crippen LogP contribution in [-0.4, -0.2) is 56.0 Å². The topological polar surface area (TPSA) is 89.5 Å². The molecule has 1 unspecified atom stereocenters. The molecule has 0 spiro atoms. The molecule has 2 rings (SSSR count). The summed E-state index contributed by atoms with van der Waals surface area (Å²) in [4.78, 5) is 34.2. The second-order valence-electron chi connectivity index (χ2n) is 5.03. The monoisotopic (exact) mass is 292 g/mol. The molecule has 2 heterocycles. The number of hydrogen-bond donors (Lipinski definition) is 2. The maximum atomic E-state index is 12.6. The summed E-state index contributed by atoms with van der Waals surface area (Å²) in [5.74, 6) is -1.01. The molecule has 1 aliphatic heterocycles. The number of rotatable bonds is 5. The predicted molar refractivity (Wildman–Crippen MR) is 76.7 cm³/mol. The molecule has 0 bridgehead atoms. The van der Waals surface area contributed by atoms with Gasteiger partial charge in [-0.2, -0.15) is 0 Å². The fourth-order valence-corrected chi connectivity index (χ4v) is 2.53. The Morgan fingerprint density at radius 1 is 1.67 bits per heavy atom. The van der Waals surface area contributed by atoms with E-state index in [9.17, 15) is 14.7 Å². The van der Waals surface area contributed by atoms with Gasteiger partial charge in [0, 0.05) is 19.5 Å². The van der Waals surface area contributed by atoms with Crippen LogP contribution in [0.5, 0.6) is 0 Å². The smallest absolute Gasteiger partial charge is 0.326 e. The van der Waals surface area contributed by atoms with E-state index in [1.165, 1.54) is 11.2 Å². The molecule has 1 atom stereocenters. The van der Waals surface area contributed by atoms with E-state index in [1.54, 1.807) is 11.0 Å². The van der Waals surface area contributed by atoms with Gasteiger partial charge in [-0.05, 0) is 6.42 Å². The highest BCUT2D eigenvalue weighted by molar-refractivity contribution is 5.83. The average Bonchev–Trinajstić information content (AvgIpc) is 2.92. The van der Waals surface area contributed by atoms with Crippen molar-refractivity contribution in [2.75, 3.05) is 13.1 Å². The van der Waals surface area contributed by atoms with Crippen molar-refractivity contribution in [1.82, 2.24) is 19.8 Å². The summed E-state index contributed by atoms with van der Waals surface area (Å²) in [5.41, 5.74) is 1.52. The zero-order valence-electron chi connectivity index (χ0n) is 12.1. The van der Waals surface area contributed by atoms with Crippen LogP contribution in [0, 0.1) is 0 Å². The summed E-state index contributed by atoms with van der Waals surface area (Å²) in [6, 6.07) is -1.15. The SMILES string of the molecule is C=CCN(CCC)C(=O)N1Cc2[nH]cnc2CC1C(=O)O. The van der Waals surface area contributed by atoms with Crippen LogP contribution in [0.3, 0.4) is 0 Å².